The predicted octanol–water partition coefficient (Wildman–Crippen LogP) is 4.44. The molecule has 0 spiro atoms. The molecule has 0 unspecified atom stereocenters. The Balaban J connectivity index is 1.66. The van der Waals surface area contributed by atoms with Crippen molar-refractivity contribution in [3.8, 4) is 28.6 Å². The molecule has 0 saturated heterocycles. The Hall–Kier alpha value is -4.18. The van der Waals surface area contributed by atoms with Gasteiger partial charge in [0.15, 0.2) is 17.9 Å². The Morgan fingerprint density at radius 2 is 2.14 bits per heavy atom. The quantitative estimate of drug-likeness (QED) is 0.334. The van der Waals surface area contributed by atoms with E-state index >= 15 is 0 Å². The Morgan fingerprint density at radius 1 is 1.29 bits per heavy atom. The summed E-state index contributed by atoms with van der Waals surface area (Å²) in [6.45, 7) is 0.390. The molecule has 0 amide bonds. The lowest BCUT2D eigenvalue weighted by molar-refractivity contribution is -0.120. The SMILES string of the molecule is COc1ccc(-c2nc3sc4c(O)c(OC=O)ccc4c3c(=O)n2Cc2cnco2)c(C2CC2)c1. The summed E-state index contributed by atoms with van der Waals surface area (Å²) in [6.07, 6.45) is 5.01. The number of oxazole rings is 1. The maximum Gasteiger partial charge on any atom is 0.298 e. The molecular weight excluding hydrogens is 470 g/mol. The van der Waals surface area contributed by atoms with Crippen LogP contribution in [0.1, 0.15) is 30.1 Å². The zero-order chi connectivity index (χ0) is 24.1. The lowest BCUT2D eigenvalue weighted by Crippen LogP contribution is -2.24. The number of ether oxygens (including phenoxy) is 2. The molecule has 3 aromatic heterocycles. The van der Waals surface area contributed by atoms with Crippen LogP contribution in [0.4, 0.5) is 0 Å². The van der Waals surface area contributed by atoms with Crippen LogP contribution in [0.5, 0.6) is 17.2 Å². The van der Waals surface area contributed by atoms with Gasteiger partial charge in [0.2, 0.25) is 0 Å². The third kappa shape index (κ3) is 3.53. The summed E-state index contributed by atoms with van der Waals surface area (Å²) < 4.78 is 17.8. The average Bonchev–Trinajstić information content (AvgIpc) is 3.45. The van der Waals surface area contributed by atoms with Crippen molar-refractivity contribution < 1.29 is 23.8 Å². The normalized spacial score (nSPS) is 13.4. The maximum absolute atomic E-state index is 13.9. The molecule has 176 valence electrons. The van der Waals surface area contributed by atoms with Crippen molar-refractivity contribution in [2.45, 2.75) is 25.3 Å². The summed E-state index contributed by atoms with van der Waals surface area (Å²) in [5.41, 5.74) is 1.65. The summed E-state index contributed by atoms with van der Waals surface area (Å²) in [5, 5.41) is 11.6. The number of methoxy groups -OCH3 is 1. The lowest BCUT2D eigenvalue weighted by atomic mass is 10.0. The minimum Gasteiger partial charge on any atom is -0.503 e. The van der Waals surface area contributed by atoms with Crippen molar-refractivity contribution in [3.63, 3.8) is 0 Å². The number of rotatable bonds is 7. The van der Waals surface area contributed by atoms with Crippen LogP contribution in [-0.4, -0.2) is 33.2 Å². The third-order valence-corrected chi connectivity index (χ3v) is 7.29. The van der Waals surface area contributed by atoms with Crippen LogP contribution in [0.25, 0.3) is 31.7 Å². The molecule has 1 aliphatic rings. The number of benzene rings is 2. The van der Waals surface area contributed by atoms with Crippen molar-refractivity contribution in [1.29, 1.82) is 0 Å². The number of carbonyl (C=O) groups excluding carboxylic acids is 1. The number of aromatic nitrogens is 3. The van der Waals surface area contributed by atoms with Crippen molar-refractivity contribution >= 4 is 38.1 Å². The van der Waals surface area contributed by atoms with Gasteiger partial charge in [-0.05, 0) is 54.7 Å². The minimum absolute atomic E-state index is 0.0208. The maximum atomic E-state index is 13.9. The number of carbonyl (C=O) groups is 1. The topological polar surface area (TPSA) is 117 Å². The Bertz CT molecular complexity index is 1650. The van der Waals surface area contributed by atoms with Gasteiger partial charge in [0, 0.05) is 10.9 Å². The van der Waals surface area contributed by atoms with Gasteiger partial charge >= 0.3 is 0 Å². The second-order valence-corrected chi connectivity index (χ2v) is 9.31. The number of aromatic hydroxyl groups is 1. The molecule has 0 bridgehead atoms. The molecule has 0 radical (unpaired) electrons. The van der Waals surface area contributed by atoms with Gasteiger partial charge in [0.05, 0.1) is 29.9 Å². The van der Waals surface area contributed by atoms with Gasteiger partial charge in [0.1, 0.15) is 22.2 Å². The third-order valence-electron chi connectivity index (χ3n) is 6.19. The van der Waals surface area contributed by atoms with Gasteiger partial charge < -0.3 is 19.0 Å². The van der Waals surface area contributed by atoms with Crippen LogP contribution < -0.4 is 15.0 Å². The fraction of sp³-hybridized carbons (Fsp3) is 0.200. The number of hydrogen-bond donors (Lipinski definition) is 1. The van der Waals surface area contributed by atoms with Gasteiger partial charge in [-0.3, -0.25) is 14.2 Å². The fourth-order valence-corrected chi connectivity index (χ4v) is 5.47. The highest BCUT2D eigenvalue weighted by molar-refractivity contribution is 7.25. The van der Waals surface area contributed by atoms with Crippen molar-refractivity contribution in [1.82, 2.24) is 14.5 Å². The van der Waals surface area contributed by atoms with Gasteiger partial charge in [-0.25, -0.2) is 9.97 Å². The zero-order valence-corrected chi connectivity index (χ0v) is 19.4. The first-order valence-corrected chi connectivity index (χ1v) is 11.8. The molecule has 10 heteroatoms. The largest absolute Gasteiger partial charge is 0.503 e. The van der Waals surface area contributed by atoms with E-state index in [0.717, 1.165) is 29.7 Å². The van der Waals surface area contributed by atoms with E-state index in [4.69, 9.17) is 18.9 Å². The lowest BCUT2D eigenvalue weighted by Gasteiger charge is -2.15. The first-order valence-electron chi connectivity index (χ1n) is 10.9. The summed E-state index contributed by atoms with van der Waals surface area (Å²) in [7, 11) is 1.63. The molecule has 3 heterocycles. The van der Waals surface area contributed by atoms with Gasteiger partial charge in [-0.2, -0.15) is 0 Å². The molecule has 1 aliphatic carbocycles. The molecular formula is C25H19N3O6S. The van der Waals surface area contributed by atoms with Crippen LogP contribution >= 0.6 is 11.3 Å². The van der Waals surface area contributed by atoms with E-state index in [2.05, 4.69) is 4.98 Å². The van der Waals surface area contributed by atoms with Gasteiger partial charge in [-0.15, -0.1) is 11.3 Å². The van der Waals surface area contributed by atoms with Crippen LogP contribution in [0.3, 0.4) is 0 Å². The van der Waals surface area contributed by atoms with Crippen molar-refractivity contribution in [2.24, 2.45) is 0 Å². The van der Waals surface area contributed by atoms with Crippen molar-refractivity contribution in [2.75, 3.05) is 7.11 Å². The second kappa shape index (κ2) is 8.24. The number of thiophene rings is 1. The van der Waals surface area contributed by atoms with Gasteiger partial charge in [0.25, 0.3) is 12.0 Å². The molecule has 5 aromatic rings. The van der Waals surface area contributed by atoms with E-state index in [9.17, 15) is 14.7 Å². The second-order valence-electron chi connectivity index (χ2n) is 8.31. The van der Waals surface area contributed by atoms with E-state index in [1.54, 1.807) is 23.9 Å². The van der Waals surface area contributed by atoms with Crippen molar-refractivity contribution in [3.05, 3.63) is 64.6 Å². The predicted molar refractivity (Wildman–Crippen MR) is 129 cm³/mol. The molecule has 9 nitrogen and oxygen atoms in total. The average molecular weight is 490 g/mol. The molecule has 1 fully saturated rings. The van der Waals surface area contributed by atoms with E-state index < -0.39 is 0 Å². The number of hydrogen-bond acceptors (Lipinski definition) is 9. The number of nitrogens with zero attached hydrogens (tertiary/aromatic N) is 3. The molecule has 1 N–H and O–H groups in total. The highest BCUT2D eigenvalue weighted by Gasteiger charge is 2.29. The molecule has 6 rings (SSSR count). The number of phenols is 1. The first kappa shape index (κ1) is 21.4. The Labute approximate surface area is 202 Å². The van der Waals surface area contributed by atoms with E-state index in [0.29, 0.717) is 37.8 Å². The van der Waals surface area contributed by atoms with Crippen LogP contribution in [0, 0.1) is 0 Å². The molecule has 1 saturated carbocycles. The van der Waals surface area contributed by atoms with E-state index in [1.165, 1.54) is 23.8 Å². The number of fused-ring (bicyclic) bond motifs is 3. The summed E-state index contributed by atoms with van der Waals surface area (Å²) in [6, 6.07) is 8.90. The Morgan fingerprint density at radius 3 is 2.86 bits per heavy atom. The molecule has 0 aliphatic heterocycles. The minimum atomic E-state index is -0.270. The summed E-state index contributed by atoms with van der Waals surface area (Å²) in [4.78, 5) is 34.1. The van der Waals surface area contributed by atoms with E-state index in [-0.39, 0.29) is 30.1 Å². The monoisotopic (exact) mass is 489 g/mol. The van der Waals surface area contributed by atoms with Crippen LogP contribution in [0.15, 0.2) is 52.1 Å². The highest BCUT2D eigenvalue weighted by atomic mass is 32.1. The van der Waals surface area contributed by atoms with E-state index in [1.807, 2.05) is 18.2 Å². The van der Waals surface area contributed by atoms with Crippen LogP contribution in [0.2, 0.25) is 0 Å². The number of phenolic OH excluding ortho intramolecular Hbond substituents is 1. The first-order chi connectivity index (χ1) is 17.1. The Kier molecular flexibility index (Phi) is 5.03. The molecule has 0 atom stereocenters. The summed E-state index contributed by atoms with van der Waals surface area (Å²) in [5.74, 6) is 1.95. The highest BCUT2D eigenvalue weighted by Crippen LogP contribution is 2.46. The molecule has 2 aromatic carbocycles. The smallest absolute Gasteiger partial charge is 0.298 e. The summed E-state index contributed by atoms with van der Waals surface area (Å²) >= 11 is 1.17. The molecule has 35 heavy (non-hydrogen) atoms. The van der Waals surface area contributed by atoms with Crippen LogP contribution in [-0.2, 0) is 11.3 Å². The van der Waals surface area contributed by atoms with Gasteiger partial charge in [-0.1, -0.05) is 0 Å². The standard InChI is InChI=1S/C25H19N3O6S/c1-32-14-4-5-16(18(8-14)13-2-3-13)23-27-24-20(25(31)28(23)10-15-9-26-11-33-15)17-6-7-19(34-12-29)21(30)22(17)35-24/h4-9,11-13,30H,2-3,10H2,1H3. The fourth-order valence-electron chi connectivity index (χ4n) is 4.37. The zero-order valence-electron chi connectivity index (χ0n) is 18.6.